The van der Waals surface area contributed by atoms with Crippen molar-refractivity contribution in [3.05, 3.63) is 0 Å². The molecule has 9 heavy (non-hydrogen) atoms. The maximum absolute atomic E-state index is 4.83. The van der Waals surface area contributed by atoms with E-state index in [0.717, 1.165) is 5.84 Å². The summed E-state index contributed by atoms with van der Waals surface area (Å²) in [5.41, 5.74) is 0. The lowest BCUT2D eigenvalue weighted by Gasteiger charge is -2.13. The summed E-state index contributed by atoms with van der Waals surface area (Å²) in [6.45, 7) is 3.65. The number of thiol groups is 1. The van der Waals surface area contributed by atoms with Crippen LogP contribution >= 0.6 is 25.0 Å². The molecule has 0 saturated heterocycles. The van der Waals surface area contributed by atoms with Crippen LogP contribution in [0.3, 0.4) is 0 Å². The van der Waals surface area contributed by atoms with Gasteiger partial charge in [0.25, 0.3) is 0 Å². The van der Waals surface area contributed by atoms with E-state index in [1.807, 2.05) is 6.92 Å². The van der Waals surface area contributed by atoms with Crippen LogP contribution in [0.2, 0.25) is 0 Å². The molecule has 0 spiro atoms. The molecule has 0 aliphatic heterocycles. The second-order valence-corrected chi connectivity index (χ2v) is 2.59. The number of thiocarbonyl (C=S) groups is 1. The van der Waals surface area contributed by atoms with Crippen LogP contribution in [0.5, 0.6) is 0 Å². The minimum Gasteiger partial charge on any atom is -0.275 e. The molecule has 0 fully saturated rings. The Balaban J connectivity index is 4.04. The molecule has 0 aromatic carbocycles. The molecule has 4 heteroatoms. The highest BCUT2D eigenvalue weighted by Gasteiger charge is 2.00. The van der Waals surface area contributed by atoms with Gasteiger partial charge < -0.3 is 0 Å². The quantitative estimate of drug-likeness (QED) is 0.251. The van der Waals surface area contributed by atoms with Crippen LogP contribution in [0.25, 0.3) is 0 Å². The summed E-state index contributed by atoms with van der Waals surface area (Å²) in [4.78, 5) is 4.60. The minimum atomic E-state index is 0.710. The Labute approximate surface area is 66.5 Å². The van der Waals surface area contributed by atoms with E-state index >= 15 is 0 Å². The van der Waals surface area contributed by atoms with Crippen molar-refractivity contribution in [2.24, 2.45) is 4.99 Å². The van der Waals surface area contributed by atoms with Crippen molar-refractivity contribution in [2.75, 3.05) is 7.05 Å². The molecule has 0 amide bonds. The van der Waals surface area contributed by atoms with Gasteiger partial charge in [-0.3, -0.25) is 9.30 Å². The number of rotatable bonds is 0. The van der Waals surface area contributed by atoms with Crippen molar-refractivity contribution in [2.45, 2.75) is 13.8 Å². The Morgan fingerprint density at radius 1 is 1.56 bits per heavy atom. The van der Waals surface area contributed by atoms with Crippen molar-refractivity contribution in [3.63, 3.8) is 0 Å². The Kier molecular flexibility index (Phi) is 3.81. The lowest BCUT2D eigenvalue weighted by molar-refractivity contribution is 1.01. The summed E-state index contributed by atoms with van der Waals surface area (Å²) < 4.78 is 1.56. The van der Waals surface area contributed by atoms with Gasteiger partial charge in [0.15, 0.2) is 0 Å². The van der Waals surface area contributed by atoms with Crippen LogP contribution in [-0.2, 0) is 0 Å². The molecule has 2 nitrogen and oxygen atoms in total. The van der Waals surface area contributed by atoms with Crippen LogP contribution in [0.1, 0.15) is 13.8 Å². The highest BCUT2D eigenvalue weighted by atomic mass is 32.1. The largest absolute Gasteiger partial charge is 0.275 e. The van der Waals surface area contributed by atoms with Crippen LogP contribution in [0.15, 0.2) is 4.99 Å². The third-order valence-electron chi connectivity index (χ3n) is 0.928. The molecular formula is C5H10N2S2. The van der Waals surface area contributed by atoms with Crippen molar-refractivity contribution in [3.8, 4) is 0 Å². The van der Waals surface area contributed by atoms with Gasteiger partial charge in [0.2, 0.25) is 0 Å². The molecule has 52 valence electrons. The topological polar surface area (TPSA) is 15.6 Å². The first-order valence-electron chi connectivity index (χ1n) is 2.52. The summed E-state index contributed by atoms with van der Waals surface area (Å²) in [5, 5.41) is 0. The lowest BCUT2D eigenvalue weighted by Crippen LogP contribution is -2.21. The van der Waals surface area contributed by atoms with Crippen molar-refractivity contribution in [1.82, 2.24) is 4.31 Å². The molecule has 0 unspecified atom stereocenters. The number of nitrogens with zero attached hydrogens (tertiary/aromatic N) is 2. The maximum Gasteiger partial charge on any atom is 0.110 e. The van der Waals surface area contributed by atoms with Gasteiger partial charge in [-0.15, -0.1) is 0 Å². The number of aliphatic imine (C=N–C) groups is 1. The first kappa shape index (κ1) is 8.91. The molecule has 0 radical (unpaired) electrons. The molecule has 0 bridgehead atoms. The van der Waals surface area contributed by atoms with Crippen LogP contribution in [-0.4, -0.2) is 22.2 Å². The highest BCUT2D eigenvalue weighted by Crippen LogP contribution is 1.97. The van der Waals surface area contributed by atoms with Gasteiger partial charge >= 0.3 is 0 Å². The van der Waals surface area contributed by atoms with E-state index in [9.17, 15) is 0 Å². The third kappa shape index (κ3) is 2.81. The van der Waals surface area contributed by atoms with Gasteiger partial charge in [0, 0.05) is 7.05 Å². The molecule has 0 saturated carbocycles. The number of hydrogen-bond donors (Lipinski definition) is 1. The molecule has 0 rings (SSSR count). The number of hydrogen-bond acceptors (Lipinski definition) is 3. The molecule has 0 aliphatic carbocycles. The fourth-order valence-electron chi connectivity index (χ4n) is 0.323. The average molecular weight is 162 g/mol. The predicted molar refractivity (Wildman–Crippen MR) is 48.1 cm³/mol. The first-order chi connectivity index (χ1) is 4.09. The SMILES string of the molecule is CN=C(C)N(S)C(C)=S. The van der Waals surface area contributed by atoms with E-state index in [1.54, 1.807) is 18.3 Å². The van der Waals surface area contributed by atoms with Crippen LogP contribution in [0, 0.1) is 0 Å². The zero-order valence-corrected chi connectivity index (χ0v) is 7.46. The Hall–Kier alpha value is -0.0900. The number of amidine groups is 1. The van der Waals surface area contributed by atoms with Crippen molar-refractivity contribution < 1.29 is 0 Å². The van der Waals surface area contributed by atoms with Gasteiger partial charge in [-0.2, -0.15) is 0 Å². The van der Waals surface area contributed by atoms with E-state index < -0.39 is 0 Å². The first-order valence-corrected chi connectivity index (χ1v) is 3.33. The molecular weight excluding hydrogens is 152 g/mol. The zero-order chi connectivity index (χ0) is 7.44. The summed E-state index contributed by atoms with van der Waals surface area (Å²) in [6.07, 6.45) is 0. The molecule has 0 atom stereocenters. The molecule has 0 aromatic rings. The molecule has 0 aromatic heterocycles. The predicted octanol–water partition coefficient (Wildman–Crippen LogP) is 1.53. The highest BCUT2D eigenvalue weighted by molar-refractivity contribution is 7.84. The lowest BCUT2D eigenvalue weighted by atomic mass is 10.6. The van der Waals surface area contributed by atoms with Gasteiger partial charge in [-0.25, -0.2) is 0 Å². The average Bonchev–Trinajstić information content (AvgIpc) is 1.84. The Morgan fingerprint density at radius 2 is 2.00 bits per heavy atom. The fraction of sp³-hybridized carbons (Fsp3) is 0.600. The Morgan fingerprint density at radius 3 is 2.11 bits per heavy atom. The normalized spacial score (nSPS) is 11.3. The summed E-state index contributed by atoms with van der Waals surface area (Å²) in [5.74, 6) is 0.811. The van der Waals surface area contributed by atoms with E-state index in [2.05, 4.69) is 17.8 Å². The smallest absolute Gasteiger partial charge is 0.110 e. The van der Waals surface area contributed by atoms with Gasteiger partial charge in [-0.05, 0) is 13.8 Å². The van der Waals surface area contributed by atoms with E-state index in [-0.39, 0.29) is 0 Å². The van der Waals surface area contributed by atoms with Gasteiger partial charge in [-0.1, -0.05) is 25.0 Å². The second kappa shape index (κ2) is 3.85. The maximum atomic E-state index is 4.83. The summed E-state index contributed by atoms with van der Waals surface area (Å²) >= 11 is 8.89. The Bertz CT molecular complexity index is 142. The minimum absolute atomic E-state index is 0.710. The molecule has 0 N–H and O–H groups in total. The summed E-state index contributed by atoms with van der Waals surface area (Å²) in [7, 11) is 1.71. The van der Waals surface area contributed by atoms with Gasteiger partial charge in [0.05, 0.1) is 4.99 Å². The monoisotopic (exact) mass is 162 g/mol. The van der Waals surface area contributed by atoms with Crippen molar-refractivity contribution >= 4 is 35.9 Å². The third-order valence-corrected chi connectivity index (χ3v) is 1.84. The molecule has 0 heterocycles. The van der Waals surface area contributed by atoms with E-state index in [0.29, 0.717) is 4.99 Å². The van der Waals surface area contributed by atoms with Crippen LogP contribution in [0.4, 0.5) is 0 Å². The zero-order valence-electron chi connectivity index (χ0n) is 5.75. The fourth-order valence-corrected chi connectivity index (χ4v) is 0.544. The van der Waals surface area contributed by atoms with Gasteiger partial charge in [0.1, 0.15) is 5.84 Å². The summed E-state index contributed by atoms with van der Waals surface area (Å²) in [6, 6.07) is 0. The van der Waals surface area contributed by atoms with E-state index in [1.165, 1.54) is 0 Å². The van der Waals surface area contributed by atoms with Crippen LogP contribution < -0.4 is 0 Å². The molecule has 0 aliphatic rings. The van der Waals surface area contributed by atoms with Crippen molar-refractivity contribution in [1.29, 1.82) is 0 Å². The second-order valence-electron chi connectivity index (χ2n) is 1.60. The van der Waals surface area contributed by atoms with E-state index in [4.69, 9.17) is 12.2 Å². The standard InChI is InChI=1S/C5H10N2S2/c1-4(6-3)7(9)5(2)8/h9H,1-3H3.